The van der Waals surface area contributed by atoms with Gasteiger partial charge in [-0.2, -0.15) is 5.26 Å². The number of halogens is 1. The van der Waals surface area contributed by atoms with Crippen LogP contribution in [0.5, 0.6) is 0 Å². The number of nitriles is 1. The molecule has 1 aliphatic rings. The third-order valence-corrected chi connectivity index (χ3v) is 4.02. The van der Waals surface area contributed by atoms with Gasteiger partial charge in [-0.05, 0) is 24.1 Å². The summed E-state index contributed by atoms with van der Waals surface area (Å²) in [6, 6.07) is 10.1. The Morgan fingerprint density at radius 3 is 2.60 bits per heavy atom. The molecule has 1 aromatic carbocycles. The molecule has 0 aromatic heterocycles. The van der Waals surface area contributed by atoms with Crippen molar-refractivity contribution in [3.63, 3.8) is 0 Å². The first-order valence-electron chi connectivity index (χ1n) is 6.68. The quantitative estimate of drug-likeness (QED) is 0.919. The highest BCUT2D eigenvalue weighted by atomic mass is 79.9. The number of hydrogen-bond donors (Lipinski definition) is 1. The maximum Gasteiger partial charge on any atom is 0.221 e. The third kappa shape index (κ3) is 4.06. The second-order valence-electron chi connectivity index (χ2n) is 4.98. The molecule has 5 heteroatoms. The Morgan fingerprint density at radius 2 is 2.00 bits per heavy atom. The predicted molar refractivity (Wildman–Crippen MR) is 79.0 cm³/mol. The second kappa shape index (κ2) is 6.87. The molecular formula is C15H17BrN2O2. The highest BCUT2D eigenvalue weighted by molar-refractivity contribution is 9.10. The van der Waals surface area contributed by atoms with Crippen molar-refractivity contribution in [1.29, 1.82) is 5.26 Å². The van der Waals surface area contributed by atoms with Crippen LogP contribution in [0.25, 0.3) is 0 Å². The smallest absolute Gasteiger partial charge is 0.221 e. The Kier molecular flexibility index (Phi) is 5.16. The lowest BCUT2D eigenvalue weighted by molar-refractivity contribution is -0.123. The fourth-order valence-electron chi connectivity index (χ4n) is 2.22. The molecule has 1 fully saturated rings. The van der Waals surface area contributed by atoms with Gasteiger partial charge in [-0.1, -0.05) is 28.1 Å². The van der Waals surface area contributed by atoms with Crippen LogP contribution in [0.4, 0.5) is 0 Å². The third-order valence-electron chi connectivity index (χ3n) is 3.49. The average Bonchev–Trinajstić information content (AvgIpc) is 2.47. The van der Waals surface area contributed by atoms with Crippen LogP contribution >= 0.6 is 15.9 Å². The SMILES string of the molecule is N#CC1(NC(=O)CCc2ccc(Br)cc2)CCOCC1. The molecule has 1 heterocycles. The van der Waals surface area contributed by atoms with Gasteiger partial charge in [0.1, 0.15) is 5.54 Å². The maximum absolute atomic E-state index is 12.0. The van der Waals surface area contributed by atoms with Crippen molar-refractivity contribution >= 4 is 21.8 Å². The van der Waals surface area contributed by atoms with Gasteiger partial charge in [-0.3, -0.25) is 4.79 Å². The first-order chi connectivity index (χ1) is 9.63. The van der Waals surface area contributed by atoms with E-state index in [1.165, 1.54) is 0 Å². The number of benzene rings is 1. The van der Waals surface area contributed by atoms with Crippen LogP contribution in [-0.2, 0) is 16.0 Å². The molecular weight excluding hydrogens is 320 g/mol. The Morgan fingerprint density at radius 1 is 1.35 bits per heavy atom. The fraction of sp³-hybridized carbons (Fsp3) is 0.467. The Hall–Kier alpha value is -1.38. The Balaban J connectivity index is 1.85. The van der Waals surface area contributed by atoms with Crippen molar-refractivity contribution in [2.75, 3.05) is 13.2 Å². The normalized spacial score (nSPS) is 17.2. The first-order valence-corrected chi connectivity index (χ1v) is 7.47. The molecule has 0 spiro atoms. The number of ether oxygens (including phenoxy) is 1. The zero-order valence-corrected chi connectivity index (χ0v) is 12.8. The van der Waals surface area contributed by atoms with Crippen molar-refractivity contribution < 1.29 is 9.53 Å². The van der Waals surface area contributed by atoms with E-state index in [4.69, 9.17) is 4.74 Å². The van der Waals surface area contributed by atoms with Crippen molar-refractivity contribution in [2.24, 2.45) is 0 Å². The van der Waals surface area contributed by atoms with Crippen LogP contribution in [0.3, 0.4) is 0 Å². The van der Waals surface area contributed by atoms with Crippen molar-refractivity contribution in [1.82, 2.24) is 5.32 Å². The summed E-state index contributed by atoms with van der Waals surface area (Å²) in [5.41, 5.74) is 0.371. The molecule has 2 rings (SSSR count). The van der Waals surface area contributed by atoms with Crippen LogP contribution in [0.15, 0.2) is 28.7 Å². The molecule has 106 valence electrons. The monoisotopic (exact) mass is 336 g/mol. The summed E-state index contributed by atoms with van der Waals surface area (Å²) < 4.78 is 6.27. The van der Waals surface area contributed by atoms with E-state index in [1.807, 2.05) is 24.3 Å². The minimum absolute atomic E-state index is 0.0728. The number of carbonyl (C=O) groups excluding carboxylic acids is 1. The minimum Gasteiger partial charge on any atom is -0.381 e. The molecule has 0 radical (unpaired) electrons. The van der Waals surface area contributed by atoms with Gasteiger partial charge < -0.3 is 10.1 Å². The molecule has 0 aliphatic carbocycles. The largest absolute Gasteiger partial charge is 0.381 e. The number of amides is 1. The molecule has 0 atom stereocenters. The molecule has 1 aromatic rings. The second-order valence-corrected chi connectivity index (χ2v) is 5.90. The van der Waals surface area contributed by atoms with Gasteiger partial charge in [0, 0.05) is 36.9 Å². The van der Waals surface area contributed by atoms with Crippen LogP contribution in [-0.4, -0.2) is 24.7 Å². The zero-order chi connectivity index (χ0) is 14.4. The average molecular weight is 337 g/mol. The number of carbonyl (C=O) groups is 1. The van der Waals surface area contributed by atoms with E-state index in [2.05, 4.69) is 27.3 Å². The number of rotatable bonds is 4. The lowest BCUT2D eigenvalue weighted by Gasteiger charge is -2.31. The van der Waals surface area contributed by atoms with Crippen molar-refractivity contribution in [3.8, 4) is 6.07 Å². The van der Waals surface area contributed by atoms with Crippen LogP contribution in [0.2, 0.25) is 0 Å². The topological polar surface area (TPSA) is 62.1 Å². The predicted octanol–water partition coefficient (Wildman–Crippen LogP) is 2.57. The molecule has 0 saturated carbocycles. The first kappa shape index (κ1) is 15.0. The van der Waals surface area contributed by atoms with Gasteiger partial charge in [-0.25, -0.2) is 0 Å². The van der Waals surface area contributed by atoms with E-state index in [-0.39, 0.29) is 5.91 Å². The summed E-state index contributed by atoms with van der Waals surface area (Å²) in [4.78, 5) is 12.0. The van der Waals surface area contributed by atoms with Gasteiger partial charge in [0.25, 0.3) is 0 Å². The van der Waals surface area contributed by atoms with Crippen LogP contribution < -0.4 is 5.32 Å². The number of nitrogens with one attached hydrogen (secondary N) is 1. The molecule has 0 bridgehead atoms. The lowest BCUT2D eigenvalue weighted by atomic mass is 9.91. The molecule has 1 amide bonds. The fourth-order valence-corrected chi connectivity index (χ4v) is 2.49. The van der Waals surface area contributed by atoms with E-state index in [1.54, 1.807) is 0 Å². The zero-order valence-electron chi connectivity index (χ0n) is 11.2. The molecule has 1 saturated heterocycles. The van der Waals surface area contributed by atoms with Gasteiger partial charge >= 0.3 is 0 Å². The molecule has 0 unspecified atom stereocenters. The summed E-state index contributed by atoms with van der Waals surface area (Å²) in [5, 5.41) is 12.2. The molecule has 4 nitrogen and oxygen atoms in total. The number of nitrogens with zero attached hydrogens (tertiary/aromatic N) is 1. The Bertz CT molecular complexity index is 502. The number of aryl methyl sites for hydroxylation is 1. The van der Waals surface area contributed by atoms with Gasteiger partial charge in [0.2, 0.25) is 5.91 Å². The van der Waals surface area contributed by atoms with Gasteiger partial charge in [-0.15, -0.1) is 0 Å². The summed E-state index contributed by atoms with van der Waals surface area (Å²) in [6.45, 7) is 1.06. The Labute approximate surface area is 127 Å². The highest BCUT2D eigenvalue weighted by Gasteiger charge is 2.33. The maximum atomic E-state index is 12.0. The van der Waals surface area contributed by atoms with E-state index < -0.39 is 5.54 Å². The summed E-state index contributed by atoms with van der Waals surface area (Å²) >= 11 is 3.38. The summed E-state index contributed by atoms with van der Waals surface area (Å²) in [7, 11) is 0. The van der Waals surface area contributed by atoms with Gasteiger partial charge in [0.05, 0.1) is 6.07 Å². The highest BCUT2D eigenvalue weighted by Crippen LogP contribution is 2.20. The summed E-state index contributed by atoms with van der Waals surface area (Å²) in [5.74, 6) is -0.0728. The van der Waals surface area contributed by atoms with E-state index >= 15 is 0 Å². The summed E-state index contributed by atoms with van der Waals surface area (Å²) in [6.07, 6.45) is 2.20. The molecule has 1 N–H and O–H groups in total. The molecule has 20 heavy (non-hydrogen) atoms. The minimum atomic E-state index is -0.741. The van der Waals surface area contributed by atoms with Crippen LogP contribution in [0, 0.1) is 11.3 Å². The van der Waals surface area contributed by atoms with E-state index in [0.717, 1.165) is 10.0 Å². The molecule has 1 aliphatic heterocycles. The van der Waals surface area contributed by atoms with E-state index in [0.29, 0.717) is 38.9 Å². The standard InChI is InChI=1S/C15H17BrN2O2/c16-13-4-1-12(2-5-13)3-6-14(19)18-15(11-17)7-9-20-10-8-15/h1-2,4-5H,3,6-10H2,(H,18,19). The van der Waals surface area contributed by atoms with Crippen molar-refractivity contribution in [3.05, 3.63) is 34.3 Å². The van der Waals surface area contributed by atoms with E-state index in [9.17, 15) is 10.1 Å². The number of hydrogen-bond acceptors (Lipinski definition) is 3. The lowest BCUT2D eigenvalue weighted by Crippen LogP contribution is -2.51. The van der Waals surface area contributed by atoms with Crippen LogP contribution in [0.1, 0.15) is 24.8 Å². The van der Waals surface area contributed by atoms with Gasteiger partial charge in [0.15, 0.2) is 0 Å². The van der Waals surface area contributed by atoms with Crippen molar-refractivity contribution in [2.45, 2.75) is 31.2 Å².